The Morgan fingerprint density at radius 1 is 0.850 bits per heavy atom. The molecule has 0 heterocycles. The average molecular weight is 265 g/mol. The Balaban J connectivity index is 1.69. The van der Waals surface area contributed by atoms with Crippen molar-refractivity contribution < 1.29 is 0 Å². The molecule has 2 aromatic rings. The molecule has 1 N–H and O–H groups in total. The molecule has 2 aromatic carbocycles. The van der Waals surface area contributed by atoms with Crippen LogP contribution in [0.15, 0.2) is 54.6 Å². The fourth-order valence-electron chi connectivity index (χ4n) is 3.14. The SMILES string of the molecule is CC(NC1CCCC1)c1ccc(-c2ccccc2)cc1. The van der Waals surface area contributed by atoms with Gasteiger partial charge in [-0.2, -0.15) is 0 Å². The summed E-state index contributed by atoms with van der Waals surface area (Å²) in [5, 5.41) is 3.75. The second-order valence-corrected chi connectivity index (χ2v) is 5.86. The third kappa shape index (κ3) is 3.10. The molecule has 1 nitrogen and oxygen atoms in total. The van der Waals surface area contributed by atoms with Gasteiger partial charge in [-0.3, -0.25) is 0 Å². The summed E-state index contributed by atoms with van der Waals surface area (Å²) in [6.07, 6.45) is 5.45. The van der Waals surface area contributed by atoms with Crippen molar-refractivity contribution in [3.63, 3.8) is 0 Å². The van der Waals surface area contributed by atoms with E-state index in [4.69, 9.17) is 0 Å². The summed E-state index contributed by atoms with van der Waals surface area (Å²) in [4.78, 5) is 0. The van der Waals surface area contributed by atoms with Gasteiger partial charge in [0, 0.05) is 12.1 Å². The minimum atomic E-state index is 0.447. The summed E-state index contributed by atoms with van der Waals surface area (Å²) in [6, 6.07) is 20.7. The van der Waals surface area contributed by atoms with E-state index in [1.807, 2.05) is 0 Å². The van der Waals surface area contributed by atoms with Crippen LogP contribution in [0, 0.1) is 0 Å². The topological polar surface area (TPSA) is 12.0 Å². The Morgan fingerprint density at radius 3 is 2.10 bits per heavy atom. The van der Waals surface area contributed by atoms with Crippen molar-refractivity contribution in [3.05, 3.63) is 60.2 Å². The van der Waals surface area contributed by atoms with Crippen LogP contribution in [0.5, 0.6) is 0 Å². The van der Waals surface area contributed by atoms with Gasteiger partial charge in [0.15, 0.2) is 0 Å². The van der Waals surface area contributed by atoms with Crippen LogP contribution in [0.4, 0.5) is 0 Å². The molecule has 1 heteroatoms. The number of rotatable bonds is 4. The van der Waals surface area contributed by atoms with E-state index < -0.39 is 0 Å². The maximum Gasteiger partial charge on any atom is 0.0294 e. The summed E-state index contributed by atoms with van der Waals surface area (Å²) in [7, 11) is 0. The third-order valence-electron chi connectivity index (χ3n) is 4.36. The van der Waals surface area contributed by atoms with Gasteiger partial charge in [-0.15, -0.1) is 0 Å². The molecule has 20 heavy (non-hydrogen) atoms. The summed E-state index contributed by atoms with van der Waals surface area (Å²) in [5.74, 6) is 0. The van der Waals surface area contributed by atoms with Crippen LogP contribution < -0.4 is 5.32 Å². The van der Waals surface area contributed by atoms with Crippen molar-refractivity contribution >= 4 is 0 Å². The summed E-state index contributed by atoms with van der Waals surface area (Å²) in [5.41, 5.74) is 3.97. The van der Waals surface area contributed by atoms with Crippen LogP contribution in [0.1, 0.15) is 44.2 Å². The predicted octanol–water partition coefficient (Wildman–Crippen LogP) is 4.95. The van der Waals surface area contributed by atoms with Crippen LogP contribution in [0.2, 0.25) is 0 Å². The molecular weight excluding hydrogens is 242 g/mol. The van der Waals surface area contributed by atoms with E-state index in [1.54, 1.807) is 0 Å². The van der Waals surface area contributed by atoms with Crippen LogP contribution in [-0.4, -0.2) is 6.04 Å². The lowest BCUT2D eigenvalue weighted by Gasteiger charge is -2.19. The van der Waals surface area contributed by atoms with E-state index in [2.05, 4.69) is 66.8 Å². The van der Waals surface area contributed by atoms with E-state index in [9.17, 15) is 0 Å². The standard InChI is InChI=1S/C19H23N/c1-15(20-19-9-5-6-10-19)16-11-13-18(14-12-16)17-7-3-2-4-8-17/h2-4,7-8,11-15,19-20H,5-6,9-10H2,1H3. The van der Waals surface area contributed by atoms with Crippen LogP contribution in [-0.2, 0) is 0 Å². The van der Waals surface area contributed by atoms with Crippen molar-refractivity contribution in [3.8, 4) is 11.1 Å². The molecule has 0 aromatic heterocycles. The van der Waals surface area contributed by atoms with Gasteiger partial charge < -0.3 is 5.32 Å². The van der Waals surface area contributed by atoms with Crippen LogP contribution >= 0.6 is 0 Å². The van der Waals surface area contributed by atoms with E-state index in [-0.39, 0.29) is 0 Å². The molecule has 1 saturated carbocycles. The van der Waals surface area contributed by atoms with Gasteiger partial charge >= 0.3 is 0 Å². The lowest BCUT2D eigenvalue weighted by atomic mass is 10.0. The summed E-state index contributed by atoms with van der Waals surface area (Å²) < 4.78 is 0. The Labute approximate surface area is 122 Å². The van der Waals surface area contributed by atoms with Gasteiger partial charge in [0.25, 0.3) is 0 Å². The molecule has 0 bridgehead atoms. The second kappa shape index (κ2) is 6.23. The zero-order valence-corrected chi connectivity index (χ0v) is 12.2. The first-order valence-corrected chi connectivity index (χ1v) is 7.74. The van der Waals surface area contributed by atoms with E-state index >= 15 is 0 Å². The molecule has 0 radical (unpaired) electrons. The maximum absolute atomic E-state index is 3.75. The highest BCUT2D eigenvalue weighted by atomic mass is 14.9. The zero-order valence-electron chi connectivity index (χ0n) is 12.2. The van der Waals surface area contributed by atoms with Gasteiger partial charge in [-0.05, 0) is 36.5 Å². The van der Waals surface area contributed by atoms with E-state index in [1.165, 1.54) is 42.4 Å². The van der Waals surface area contributed by atoms with Crippen molar-refractivity contribution in [2.45, 2.75) is 44.7 Å². The van der Waals surface area contributed by atoms with Crippen molar-refractivity contribution in [2.75, 3.05) is 0 Å². The summed E-state index contributed by atoms with van der Waals surface area (Å²) in [6.45, 7) is 2.27. The van der Waals surface area contributed by atoms with Crippen molar-refractivity contribution in [1.82, 2.24) is 5.32 Å². The average Bonchev–Trinajstić information content (AvgIpc) is 3.01. The Bertz CT molecular complexity index is 523. The predicted molar refractivity (Wildman–Crippen MR) is 85.7 cm³/mol. The number of nitrogens with one attached hydrogen (secondary N) is 1. The molecule has 0 saturated heterocycles. The molecule has 1 aliphatic rings. The third-order valence-corrected chi connectivity index (χ3v) is 4.36. The Hall–Kier alpha value is -1.60. The molecule has 104 valence electrons. The quantitative estimate of drug-likeness (QED) is 0.825. The van der Waals surface area contributed by atoms with Gasteiger partial charge in [0.2, 0.25) is 0 Å². The molecule has 0 amide bonds. The monoisotopic (exact) mass is 265 g/mol. The van der Waals surface area contributed by atoms with Gasteiger partial charge in [0.05, 0.1) is 0 Å². The van der Waals surface area contributed by atoms with Crippen LogP contribution in [0.3, 0.4) is 0 Å². The van der Waals surface area contributed by atoms with E-state index in [0.717, 1.165) is 6.04 Å². The molecule has 1 fully saturated rings. The first kappa shape index (κ1) is 13.4. The fraction of sp³-hybridized carbons (Fsp3) is 0.368. The maximum atomic E-state index is 3.75. The molecule has 3 rings (SSSR count). The Morgan fingerprint density at radius 2 is 1.45 bits per heavy atom. The highest BCUT2D eigenvalue weighted by Crippen LogP contribution is 2.24. The van der Waals surface area contributed by atoms with Gasteiger partial charge in [0.1, 0.15) is 0 Å². The lowest BCUT2D eigenvalue weighted by molar-refractivity contribution is 0.461. The van der Waals surface area contributed by atoms with Gasteiger partial charge in [-0.1, -0.05) is 67.4 Å². The number of hydrogen-bond donors (Lipinski definition) is 1. The minimum Gasteiger partial charge on any atom is -0.307 e. The second-order valence-electron chi connectivity index (χ2n) is 5.86. The molecule has 0 spiro atoms. The number of hydrogen-bond acceptors (Lipinski definition) is 1. The van der Waals surface area contributed by atoms with Gasteiger partial charge in [-0.25, -0.2) is 0 Å². The van der Waals surface area contributed by atoms with Crippen LogP contribution in [0.25, 0.3) is 11.1 Å². The summed E-state index contributed by atoms with van der Waals surface area (Å²) >= 11 is 0. The molecule has 0 aliphatic heterocycles. The minimum absolute atomic E-state index is 0.447. The lowest BCUT2D eigenvalue weighted by Crippen LogP contribution is -2.28. The van der Waals surface area contributed by atoms with E-state index in [0.29, 0.717) is 6.04 Å². The first-order chi connectivity index (χ1) is 9.83. The Kier molecular flexibility index (Phi) is 4.17. The normalized spacial score (nSPS) is 17.2. The zero-order chi connectivity index (χ0) is 13.8. The molecule has 1 unspecified atom stereocenters. The molecule has 1 aliphatic carbocycles. The highest BCUT2D eigenvalue weighted by molar-refractivity contribution is 5.63. The number of benzene rings is 2. The first-order valence-electron chi connectivity index (χ1n) is 7.74. The largest absolute Gasteiger partial charge is 0.307 e. The fourth-order valence-corrected chi connectivity index (χ4v) is 3.14. The molecular formula is C19H23N. The van der Waals surface area contributed by atoms with Crippen molar-refractivity contribution in [2.24, 2.45) is 0 Å². The molecule has 1 atom stereocenters. The highest BCUT2D eigenvalue weighted by Gasteiger charge is 2.17. The smallest absolute Gasteiger partial charge is 0.0294 e. The van der Waals surface area contributed by atoms with Crippen molar-refractivity contribution in [1.29, 1.82) is 0 Å².